The summed E-state index contributed by atoms with van der Waals surface area (Å²) in [6.07, 6.45) is -2.98. The Morgan fingerprint density at radius 2 is 2.19 bits per heavy atom. The normalized spacial score (nSPS) is 19.7. The van der Waals surface area contributed by atoms with Crippen molar-refractivity contribution >= 4 is 5.97 Å². The second-order valence-corrected chi connectivity index (χ2v) is 2.83. The van der Waals surface area contributed by atoms with E-state index in [1.807, 2.05) is 0 Å². The number of phenols is 2. The topological polar surface area (TPSA) is 113 Å². The first-order chi connectivity index (χ1) is 9.07. The molecule has 6 heteroatoms. The van der Waals surface area contributed by atoms with Gasteiger partial charge < -0.3 is 25.8 Å². The van der Waals surface area contributed by atoms with E-state index >= 15 is 0 Å². The van der Waals surface area contributed by atoms with E-state index in [4.69, 9.17) is 11.2 Å². The molecule has 0 heterocycles. The highest BCUT2D eigenvalue weighted by Crippen LogP contribution is 2.28. The summed E-state index contributed by atoms with van der Waals surface area (Å²) in [5, 5.41) is 28.7. The largest absolute Gasteiger partial charge is 0.504 e. The molecule has 0 spiro atoms. The van der Waals surface area contributed by atoms with Crippen molar-refractivity contribution in [3.8, 4) is 11.5 Å². The lowest BCUT2D eigenvalue weighted by molar-refractivity contribution is -0.145. The molecule has 6 nitrogen and oxygen atoms in total. The minimum atomic E-state index is -2.98. The van der Waals surface area contributed by atoms with Crippen LogP contribution in [0.1, 0.15) is 17.1 Å². The molecule has 0 amide bonds. The van der Waals surface area contributed by atoms with E-state index in [9.17, 15) is 20.1 Å². The molecule has 0 aromatic heterocycles. The fraction of sp³-hybridized carbons (Fsp3) is 0.300. The lowest BCUT2D eigenvalue weighted by atomic mass is 10.0. The molecule has 0 fully saturated rings. The van der Waals surface area contributed by atoms with E-state index in [0.717, 1.165) is 7.11 Å². The molecule has 0 saturated carbocycles. The number of rotatable bonds is 3. The Morgan fingerprint density at radius 1 is 1.56 bits per heavy atom. The molecular formula is C10H13NO5. The molecule has 1 rings (SSSR count). The Kier molecular flexibility index (Phi) is 2.25. The Bertz CT molecular complexity index is 534. The second-order valence-electron chi connectivity index (χ2n) is 2.83. The third-order valence-electron chi connectivity index (χ3n) is 1.78. The van der Waals surface area contributed by atoms with Gasteiger partial charge in [0.15, 0.2) is 11.5 Å². The lowest BCUT2D eigenvalue weighted by Crippen LogP contribution is -2.37. The first-order valence-electron chi connectivity index (χ1n) is 6.15. The van der Waals surface area contributed by atoms with Gasteiger partial charge in [-0.25, -0.2) is 0 Å². The first kappa shape index (κ1) is 7.48. The molecule has 0 aliphatic heterocycles. The van der Waals surface area contributed by atoms with E-state index in [-0.39, 0.29) is 0 Å². The van der Waals surface area contributed by atoms with E-state index in [0.29, 0.717) is 0 Å². The lowest BCUT2D eigenvalue weighted by Gasteiger charge is -2.17. The highest BCUT2D eigenvalue weighted by molar-refractivity contribution is 5.76. The number of hydrogen-bond donors (Lipinski definition) is 4. The summed E-state index contributed by atoms with van der Waals surface area (Å²) in [6.45, 7) is 0. The Hall–Kier alpha value is -1.79. The van der Waals surface area contributed by atoms with Crippen molar-refractivity contribution in [1.82, 2.24) is 0 Å². The van der Waals surface area contributed by atoms with Crippen LogP contribution < -0.4 is 5.73 Å². The monoisotopic (exact) mass is 231 g/mol. The van der Waals surface area contributed by atoms with E-state index in [1.165, 1.54) is 0 Å². The fourth-order valence-corrected chi connectivity index (χ4v) is 0.912. The summed E-state index contributed by atoms with van der Waals surface area (Å²) in [5.41, 5.74) is 4.45. The highest BCUT2D eigenvalue weighted by atomic mass is 16.5. The van der Waals surface area contributed by atoms with Crippen LogP contribution in [0.2, 0.25) is 0 Å². The summed E-state index contributed by atoms with van der Waals surface area (Å²) >= 11 is 0. The third kappa shape index (κ3) is 2.41. The molecule has 1 aromatic carbocycles. The molecule has 88 valence electrons. The molecule has 5 N–H and O–H groups in total. The predicted molar refractivity (Wildman–Crippen MR) is 54.7 cm³/mol. The molecule has 1 aromatic rings. The summed E-state index contributed by atoms with van der Waals surface area (Å²) < 4.78 is 34.4. The number of esters is 1. The molecule has 16 heavy (non-hydrogen) atoms. The molecule has 0 unspecified atom stereocenters. The van der Waals surface area contributed by atoms with Crippen LogP contribution >= 0.6 is 0 Å². The number of carbonyl (C=O) groups is 1. The smallest absolute Gasteiger partial charge is 0.325 e. The number of benzene rings is 1. The van der Waals surface area contributed by atoms with Crippen molar-refractivity contribution in [2.45, 2.75) is 12.1 Å². The van der Waals surface area contributed by atoms with Crippen molar-refractivity contribution in [1.29, 1.82) is 0 Å². The van der Waals surface area contributed by atoms with Crippen LogP contribution in [-0.4, -0.2) is 34.4 Å². The van der Waals surface area contributed by atoms with Gasteiger partial charge >= 0.3 is 5.97 Å². The Balaban J connectivity index is 3.58. The maximum Gasteiger partial charge on any atom is 0.325 e. The van der Waals surface area contributed by atoms with Crippen molar-refractivity contribution in [3.05, 3.63) is 23.7 Å². The van der Waals surface area contributed by atoms with Crippen LogP contribution in [-0.2, 0) is 9.53 Å². The maximum absolute atomic E-state index is 11.3. The summed E-state index contributed by atoms with van der Waals surface area (Å²) in [6, 6.07) is -4.75. The number of hydrogen-bond acceptors (Lipinski definition) is 6. The van der Waals surface area contributed by atoms with Crippen LogP contribution in [0.25, 0.3) is 0 Å². The maximum atomic E-state index is 11.3. The number of ether oxygens (including phenoxy) is 1. The fourth-order valence-electron chi connectivity index (χ4n) is 0.912. The number of phenolic OH excluding ortho intramolecular Hbond substituents is 2. The summed E-state index contributed by atoms with van der Waals surface area (Å²) in [5.74, 6) is -3.31. The number of methoxy groups -OCH3 is 1. The van der Waals surface area contributed by atoms with Crippen molar-refractivity contribution in [3.63, 3.8) is 0 Å². The Morgan fingerprint density at radius 3 is 2.75 bits per heavy atom. The van der Waals surface area contributed by atoms with Crippen LogP contribution in [0.3, 0.4) is 0 Å². The van der Waals surface area contributed by atoms with Gasteiger partial charge in [-0.1, -0.05) is 6.04 Å². The molecule has 0 radical (unpaired) electrons. The molecule has 0 aliphatic carbocycles. The van der Waals surface area contributed by atoms with Gasteiger partial charge in [-0.2, -0.15) is 0 Å². The van der Waals surface area contributed by atoms with Gasteiger partial charge in [0.05, 0.1) is 12.6 Å². The van der Waals surface area contributed by atoms with Gasteiger partial charge in [0.2, 0.25) is 0 Å². The molecule has 0 saturated heterocycles. The number of carbonyl (C=O) groups excluding carboxylic acids is 1. The highest BCUT2D eigenvalue weighted by Gasteiger charge is 2.25. The van der Waals surface area contributed by atoms with E-state index in [1.54, 1.807) is 0 Å². The van der Waals surface area contributed by atoms with Crippen molar-refractivity contribution in [2.24, 2.45) is 5.73 Å². The second kappa shape index (κ2) is 4.82. The first-order valence-corrected chi connectivity index (χ1v) is 4.15. The van der Waals surface area contributed by atoms with Gasteiger partial charge in [-0.15, -0.1) is 0 Å². The van der Waals surface area contributed by atoms with Crippen LogP contribution in [0.4, 0.5) is 0 Å². The average molecular weight is 231 g/mol. The van der Waals surface area contributed by atoms with Crippen LogP contribution in [0.5, 0.6) is 11.5 Å². The quantitative estimate of drug-likeness (QED) is 0.417. The average Bonchev–Trinajstić information content (AvgIpc) is 2.41. The zero-order valence-corrected chi connectivity index (χ0v) is 8.31. The van der Waals surface area contributed by atoms with Crippen molar-refractivity contribution < 1.29 is 30.3 Å². The third-order valence-corrected chi connectivity index (χ3v) is 1.78. The molecule has 2 atom stereocenters. The van der Waals surface area contributed by atoms with Gasteiger partial charge in [0, 0.05) is 0 Å². The minimum absolute atomic E-state index is 0.879. The zero-order valence-electron chi connectivity index (χ0n) is 12.3. The van der Waals surface area contributed by atoms with Gasteiger partial charge in [-0.05, 0) is 17.6 Å². The van der Waals surface area contributed by atoms with E-state index < -0.39 is 53.3 Å². The molecular weight excluding hydrogens is 214 g/mol. The summed E-state index contributed by atoms with van der Waals surface area (Å²) in [4.78, 5) is 11.3. The zero-order chi connectivity index (χ0) is 15.8. The van der Waals surface area contributed by atoms with Crippen LogP contribution in [0.15, 0.2) is 18.1 Å². The SMILES string of the molecule is [2H]c1c([2H])c([C@@]([2H])(O)[C@@H](N)C(=O)OC)c([2H])c(O)c1O. The number of aromatic hydroxyl groups is 2. The standard InChI is InChI=1S/C10H13NO5/c1-16-10(15)8(11)9(14)5-2-3-6(12)7(13)4-5/h2-4,8-9,12-14H,11H2,1H3/t8-,9-/m1/s1/i2D,3D,4D,9D. The predicted octanol–water partition coefficient (Wildman–Crippen LogP) is -0.369. The van der Waals surface area contributed by atoms with Crippen LogP contribution in [0, 0.1) is 0 Å². The van der Waals surface area contributed by atoms with Gasteiger partial charge in [0.1, 0.15) is 12.1 Å². The van der Waals surface area contributed by atoms with Gasteiger partial charge in [-0.3, -0.25) is 4.79 Å². The number of nitrogens with two attached hydrogens (primary N) is 1. The minimum Gasteiger partial charge on any atom is -0.504 e. The molecule has 0 bridgehead atoms. The van der Waals surface area contributed by atoms with Crippen molar-refractivity contribution in [2.75, 3.05) is 7.11 Å². The van der Waals surface area contributed by atoms with Gasteiger partial charge in [0.25, 0.3) is 0 Å². The Labute approximate surface area is 97.5 Å². The number of aliphatic hydroxyl groups is 1. The summed E-state index contributed by atoms with van der Waals surface area (Å²) in [7, 11) is 0.964. The molecule has 0 aliphatic rings. The van der Waals surface area contributed by atoms with E-state index in [2.05, 4.69) is 4.74 Å².